The van der Waals surface area contributed by atoms with Crippen LogP contribution < -0.4 is 14.3 Å². The molecular formula is C28H23BrN2O4S. The molecule has 1 aliphatic rings. The van der Waals surface area contributed by atoms with Crippen molar-refractivity contribution in [1.82, 2.24) is 0 Å². The number of ether oxygens (including phenoxy) is 1. The number of fused-ring (bicyclic) bond motifs is 4. The van der Waals surface area contributed by atoms with Crippen LogP contribution >= 0.6 is 27.5 Å². The summed E-state index contributed by atoms with van der Waals surface area (Å²) in [6, 6.07) is 19.5. The van der Waals surface area contributed by atoms with Crippen LogP contribution in [0.25, 0.3) is 42.3 Å². The lowest BCUT2D eigenvalue weighted by atomic mass is 9.99. The van der Waals surface area contributed by atoms with Gasteiger partial charge in [-0.25, -0.2) is 3.93 Å². The minimum Gasteiger partial charge on any atom is -0.440 e. The number of hydrogen-bond acceptors (Lipinski definition) is 6. The highest BCUT2D eigenvalue weighted by atomic mass is 79.9. The van der Waals surface area contributed by atoms with E-state index in [1.807, 2.05) is 49.4 Å². The second-order valence-electron chi connectivity index (χ2n) is 8.69. The van der Waals surface area contributed by atoms with E-state index in [-0.39, 0.29) is 11.3 Å². The number of para-hydroxylation sites is 1. The highest BCUT2D eigenvalue weighted by Crippen LogP contribution is 2.46. The van der Waals surface area contributed by atoms with E-state index in [0.29, 0.717) is 49.6 Å². The van der Waals surface area contributed by atoms with Crippen LogP contribution in [0.15, 0.2) is 69.9 Å². The van der Waals surface area contributed by atoms with Gasteiger partial charge in [-0.15, -0.1) is 11.3 Å². The van der Waals surface area contributed by atoms with Crippen LogP contribution in [0.4, 0.5) is 11.6 Å². The van der Waals surface area contributed by atoms with Gasteiger partial charge in [0.05, 0.1) is 40.4 Å². The summed E-state index contributed by atoms with van der Waals surface area (Å²) in [6.07, 6.45) is 0.384. The van der Waals surface area contributed by atoms with Gasteiger partial charge < -0.3 is 14.1 Å². The molecule has 1 saturated heterocycles. The zero-order valence-corrected chi connectivity index (χ0v) is 22.0. The number of thiophene rings is 1. The first kappa shape index (κ1) is 23.2. The van der Waals surface area contributed by atoms with E-state index in [4.69, 9.17) is 9.15 Å². The molecule has 36 heavy (non-hydrogen) atoms. The van der Waals surface area contributed by atoms with Gasteiger partial charge in [0.15, 0.2) is 11.3 Å². The van der Waals surface area contributed by atoms with Gasteiger partial charge >= 0.3 is 0 Å². The SMILES string of the molecule is CCC(=O)N(Br)c1ccc(-c2cccc3c(=O)cc(N4CCOCC4)oc23)c2sc3ccccc3c12. The Morgan fingerprint density at radius 3 is 2.61 bits per heavy atom. The standard InChI is InChI=1S/C28H23BrN2O4S/c1-2-24(33)31(29)21-11-10-18(28-26(21)20-6-3-4-9-23(20)36-28)17-7-5-8-19-22(32)16-25(35-27(17)19)30-12-14-34-15-13-30/h3-11,16H,2,12-15H2,1H3. The molecule has 0 saturated carbocycles. The smallest absolute Gasteiger partial charge is 0.236 e. The third-order valence-electron chi connectivity index (χ3n) is 6.59. The molecule has 0 N–H and O–H groups in total. The Hall–Kier alpha value is -3.20. The molecule has 182 valence electrons. The largest absolute Gasteiger partial charge is 0.440 e. The van der Waals surface area contributed by atoms with Gasteiger partial charge in [-0.1, -0.05) is 43.3 Å². The summed E-state index contributed by atoms with van der Waals surface area (Å²) in [7, 11) is 0. The Labute approximate surface area is 220 Å². The molecule has 6 rings (SSSR count). The number of carbonyl (C=O) groups is 1. The number of nitrogens with zero attached hydrogens (tertiary/aromatic N) is 2. The number of carbonyl (C=O) groups excluding carboxylic acids is 1. The molecular weight excluding hydrogens is 540 g/mol. The molecule has 3 heterocycles. The maximum atomic E-state index is 13.1. The fraction of sp³-hybridized carbons (Fsp3) is 0.214. The molecule has 0 atom stereocenters. The molecule has 1 aliphatic heterocycles. The van der Waals surface area contributed by atoms with E-state index in [0.717, 1.165) is 37.0 Å². The summed E-state index contributed by atoms with van der Waals surface area (Å²) in [4.78, 5) is 27.8. The molecule has 1 fully saturated rings. The van der Waals surface area contributed by atoms with Crippen molar-refractivity contribution in [3.05, 3.63) is 70.9 Å². The van der Waals surface area contributed by atoms with Gasteiger partial charge in [-0.2, -0.15) is 0 Å². The second-order valence-corrected chi connectivity index (χ2v) is 10.5. The van der Waals surface area contributed by atoms with Crippen LogP contribution in [0.3, 0.4) is 0 Å². The molecule has 0 radical (unpaired) electrons. The highest BCUT2D eigenvalue weighted by molar-refractivity contribution is 9.10. The minimum absolute atomic E-state index is 0.0226. The number of hydrogen-bond donors (Lipinski definition) is 0. The van der Waals surface area contributed by atoms with Crippen molar-refractivity contribution >= 4 is 76.1 Å². The molecule has 8 heteroatoms. The first-order chi connectivity index (χ1) is 17.6. The van der Waals surface area contributed by atoms with Crippen molar-refractivity contribution < 1.29 is 13.9 Å². The number of halogens is 1. The number of anilines is 2. The lowest BCUT2D eigenvalue weighted by molar-refractivity contribution is -0.116. The normalized spacial score (nSPS) is 14.1. The number of morpholine rings is 1. The van der Waals surface area contributed by atoms with Crippen LogP contribution in [0.1, 0.15) is 13.3 Å². The van der Waals surface area contributed by atoms with Crippen LogP contribution in [0, 0.1) is 0 Å². The fourth-order valence-corrected chi connectivity index (χ4v) is 6.57. The number of benzene rings is 3. The zero-order valence-electron chi connectivity index (χ0n) is 19.6. The van der Waals surface area contributed by atoms with Gasteiger partial charge in [-0.3, -0.25) is 9.59 Å². The molecule has 5 aromatic rings. The van der Waals surface area contributed by atoms with Crippen LogP contribution in [0.5, 0.6) is 0 Å². The average Bonchev–Trinajstić information content (AvgIpc) is 3.32. The van der Waals surface area contributed by atoms with Crippen molar-refractivity contribution in [2.45, 2.75) is 13.3 Å². The second kappa shape index (κ2) is 9.35. The monoisotopic (exact) mass is 562 g/mol. The summed E-state index contributed by atoms with van der Waals surface area (Å²) < 4.78 is 15.6. The first-order valence-electron chi connectivity index (χ1n) is 11.9. The van der Waals surface area contributed by atoms with Crippen molar-refractivity contribution in [3.63, 3.8) is 0 Å². The Morgan fingerprint density at radius 2 is 1.81 bits per heavy atom. The van der Waals surface area contributed by atoms with E-state index in [2.05, 4.69) is 33.2 Å². The minimum atomic E-state index is -0.0658. The summed E-state index contributed by atoms with van der Waals surface area (Å²) >= 11 is 5.17. The summed E-state index contributed by atoms with van der Waals surface area (Å²) in [6.45, 7) is 4.41. The number of rotatable bonds is 4. The summed E-state index contributed by atoms with van der Waals surface area (Å²) in [5, 5.41) is 2.62. The van der Waals surface area contributed by atoms with Crippen LogP contribution in [0.2, 0.25) is 0 Å². The Morgan fingerprint density at radius 1 is 1.03 bits per heavy atom. The van der Waals surface area contributed by atoms with Gasteiger partial charge in [0.1, 0.15) is 5.58 Å². The lowest BCUT2D eigenvalue weighted by Gasteiger charge is -2.27. The highest BCUT2D eigenvalue weighted by Gasteiger charge is 2.22. The maximum absolute atomic E-state index is 13.1. The number of amides is 1. The molecule has 6 nitrogen and oxygen atoms in total. The predicted molar refractivity (Wildman–Crippen MR) is 151 cm³/mol. The summed E-state index contributed by atoms with van der Waals surface area (Å²) in [5.74, 6) is 0.540. The average molecular weight is 563 g/mol. The first-order valence-corrected chi connectivity index (χ1v) is 13.4. The zero-order chi connectivity index (χ0) is 24.8. The van der Waals surface area contributed by atoms with Gasteiger partial charge in [0.25, 0.3) is 0 Å². The van der Waals surface area contributed by atoms with Crippen molar-refractivity contribution in [2.75, 3.05) is 35.1 Å². The molecule has 1 amide bonds. The molecule has 2 aromatic heterocycles. The van der Waals surface area contributed by atoms with E-state index in [1.54, 1.807) is 21.3 Å². The third-order valence-corrected chi connectivity index (χ3v) is 8.57. The van der Waals surface area contributed by atoms with Gasteiger partial charge in [0, 0.05) is 56.9 Å². The predicted octanol–water partition coefficient (Wildman–Crippen LogP) is 6.72. The molecule has 0 unspecified atom stereocenters. The van der Waals surface area contributed by atoms with Crippen LogP contribution in [-0.4, -0.2) is 32.2 Å². The lowest BCUT2D eigenvalue weighted by Crippen LogP contribution is -2.36. The van der Waals surface area contributed by atoms with Crippen molar-refractivity contribution in [1.29, 1.82) is 0 Å². The Bertz CT molecular complexity index is 1690. The van der Waals surface area contributed by atoms with Gasteiger partial charge in [0.2, 0.25) is 5.91 Å². The molecule has 0 aliphatic carbocycles. The molecule has 0 spiro atoms. The van der Waals surface area contributed by atoms with Gasteiger partial charge in [-0.05, 0) is 18.2 Å². The fourth-order valence-electron chi connectivity index (χ4n) is 4.78. The van der Waals surface area contributed by atoms with Crippen molar-refractivity contribution in [2.24, 2.45) is 0 Å². The quantitative estimate of drug-likeness (QED) is 0.227. The Balaban J connectivity index is 1.63. The molecule has 0 bridgehead atoms. The third kappa shape index (κ3) is 3.80. The maximum Gasteiger partial charge on any atom is 0.236 e. The van der Waals surface area contributed by atoms with Crippen LogP contribution in [-0.2, 0) is 9.53 Å². The van der Waals surface area contributed by atoms with E-state index >= 15 is 0 Å². The summed E-state index contributed by atoms with van der Waals surface area (Å²) in [5.41, 5.74) is 3.12. The van der Waals surface area contributed by atoms with E-state index in [9.17, 15) is 9.59 Å². The molecule has 3 aromatic carbocycles. The Kier molecular flexibility index (Phi) is 6.03. The van der Waals surface area contributed by atoms with E-state index < -0.39 is 0 Å². The van der Waals surface area contributed by atoms with Crippen molar-refractivity contribution in [3.8, 4) is 11.1 Å². The topological polar surface area (TPSA) is 63.0 Å². The van der Waals surface area contributed by atoms with E-state index in [1.165, 1.54) is 0 Å².